The van der Waals surface area contributed by atoms with E-state index in [1.165, 1.54) is 23.3 Å². The molecule has 1 aromatic heterocycles. The summed E-state index contributed by atoms with van der Waals surface area (Å²) < 4.78 is 39.3. The molecule has 0 bridgehead atoms. The van der Waals surface area contributed by atoms with Gasteiger partial charge in [-0.1, -0.05) is 61.9 Å². The number of pyridine rings is 1. The molecule has 0 amide bonds. The normalized spacial score (nSPS) is 19.2. The Hall–Kier alpha value is -2.74. The quantitative estimate of drug-likeness (QED) is 0.414. The lowest BCUT2D eigenvalue weighted by Crippen LogP contribution is -2.52. The second-order valence-corrected chi connectivity index (χ2v) is 9.85. The molecule has 192 valence electrons. The third-order valence-electron chi connectivity index (χ3n) is 7.14. The predicted octanol–water partition coefficient (Wildman–Crippen LogP) is 6.00. The highest BCUT2D eigenvalue weighted by atomic mass is 19.4. The Balaban J connectivity index is 1.38. The number of hydrogen-bond acceptors (Lipinski definition) is 4. The molecule has 1 fully saturated rings. The minimum Gasteiger partial charge on any atom is -0.376 e. The first-order valence-electron chi connectivity index (χ1n) is 12.5. The highest BCUT2D eigenvalue weighted by molar-refractivity contribution is 5.64. The highest BCUT2D eigenvalue weighted by Crippen LogP contribution is 2.39. The molecule has 1 saturated heterocycles. The summed E-state index contributed by atoms with van der Waals surface area (Å²) in [4.78, 5) is 9.21. The highest BCUT2D eigenvalue weighted by Gasteiger charge is 2.51. The summed E-state index contributed by atoms with van der Waals surface area (Å²) in [5.74, 6) is 0. The van der Waals surface area contributed by atoms with E-state index in [2.05, 4.69) is 46.0 Å². The van der Waals surface area contributed by atoms with Crippen molar-refractivity contribution in [2.24, 2.45) is 0 Å². The Morgan fingerprint density at radius 2 is 1.44 bits per heavy atom. The van der Waals surface area contributed by atoms with Crippen LogP contribution in [0.15, 0.2) is 73.1 Å². The first-order valence-corrected chi connectivity index (χ1v) is 12.5. The minimum atomic E-state index is -4.73. The van der Waals surface area contributed by atoms with Crippen molar-refractivity contribution in [1.82, 2.24) is 14.8 Å². The maximum atomic E-state index is 13.1. The number of halogens is 3. The zero-order chi connectivity index (χ0) is 25.8. The molecule has 1 N–H and O–H groups in total. The van der Waals surface area contributed by atoms with E-state index < -0.39 is 11.8 Å². The lowest BCUT2D eigenvalue weighted by atomic mass is 9.93. The van der Waals surface area contributed by atoms with Crippen LogP contribution in [0.1, 0.15) is 43.4 Å². The summed E-state index contributed by atoms with van der Waals surface area (Å²) in [6, 6.07) is 18.8. The van der Waals surface area contributed by atoms with Crippen LogP contribution in [0.4, 0.5) is 13.2 Å². The summed E-state index contributed by atoms with van der Waals surface area (Å²) in [6.45, 7) is 7.90. The first-order chi connectivity index (χ1) is 17.2. The molecule has 2 aromatic carbocycles. The van der Waals surface area contributed by atoms with Gasteiger partial charge in [-0.15, -0.1) is 0 Å². The summed E-state index contributed by atoms with van der Waals surface area (Å²) in [5.41, 5.74) is 1.23. The van der Waals surface area contributed by atoms with Gasteiger partial charge in [0.15, 0.2) is 5.60 Å². The minimum absolute atomic E-state index is 0.167. The van der Waals surface area contributed by atoms with E-state index in [0.717, 1.165) is 63.6 Å². The van der Waals surface area contributed by atoms with Crippen molar-refractivity contribution < 1.29 is 18.3 Å². The molecule has 36 heavy (non-hydrogen) atoms. The average Bonchev–Trinajstić information content (AvgIpc) is 2.86. The van der Waals surface area contributed by atoms with Gasteiger partial charge in [0, 0.05) is 51.2 Å². The Kier molecular flexibility index (Phi) is 8.13. The molecule has 1 aliphatic rings. The van der Waals surface area contributed by atoms with Crippen LogP contribution < -0.4 is 0 Å². The number of benzene rings is 2. The van der Waals surface area contributed by atoms with Gasteiger partial charge in [-0.3, -0.25) is 14.8 Å². The van der Waals surface area contributed by atoms with Crippen LogP contribution in [0.3, 0.4) is 0 Å². The molecule has 4 rings (SSSR count). The standard InChI is InChI=1S/C29H34F3N3O/c1-3-4-27-21-34(17-18-35(27)20-23-13-15-33-16-14-23)19-22-5-7-24(8-6-22)25-9-11-26(12-10-25)28(2,36)29(30,31)32/h5-16,27,36H,3-4,17-21H2,1-2H3/t27-,28?/m0/s1. The van der Waals surface area contributed by atoms with Gasteiger partial charge >= 0.3 is 6.18 Å². The molecule has 0 spiro atoms. The zero-order valence-electron chi connectivity index (χ0n) is 20.9. The van der Waals surface area contributed by atoms with E-state index in [0.29, 0.717) is 6.04 Å². The molecule has 3 aromatic rings. The number of aromatic nitrogens is 1. The smallest absolute Gasteiger partial charge is 0.376 e. The summed E-state index contributed by atoms with van der Waals surface area (Å²) in [5, 5.41) is 9.88. The lowest BCUT2D eigenvalue weighted by molar-refractivity contribution is -0.258. The monoisotopic (exact) mass is 497 g/mol. The molecular formula is C29H34F3N3O. The Morgan fingerprint density at radius 3 is 2.03 bits per heavy atom. The Bertz CT molecular complexity index is 1100. The summed E-state index contributed by atoms with van der Waals surface area (Å²) in [7, 11) is 0. The van der Waals surface area contributed by atoms with Crippen LogP contribution in [-0.4, -0.2) is 51.7 Å². The fourth-order valence-corrected chi connectivity index (χ4v) is 4.85. The maximum absolute atomic E-state index is 13.1. The van der Waals surface area contributed by atoms with Gasteiger partial charge in [0.2, 0.25) is 0 Å². The van der Waals surface area contributed by atoms with Crippen molar-refractivity contribution in [3.63, 3.8) is 0 Å². The molecule has 4 nitrogen and oxygen atoms in total. The van der Waals surface area contributed by atoms with E-state index in [4.69, 9.17) is 0 Å². The second-order valence-electron chi connectivity index (χ2n) is 9.85. The van der Waals surface area contributed by atoms with Crippen molar-refractivity contribution >= 4 is 0 Å². The Labute approximate surface area is 211 Å². The number of aliphatic hydroxyl groups is 1. The molecule has 2 atom stereocenters. The van der Waals surface area contributed by atoms with Crippen LogP contribution in [-0.2, 0) is 18.7 Å². The van der Waals surface area contributed by atoms with Crippen LogP contribution in [0.25, 0.3) is 11.1 Å². The molecule has 7 heteroatoms. The van der Waals surface area contributed by atoms with Crippen molar-refractivity contribution in [1.29, 1.82) is 0 Å². The van der Waals surface area contributed by atoms with Gasteiger partial charge in [-0.25, -0.2) is 0 Å². The predicted molar refractivity (Wildman–Crippen MR) is 136 cm³/mol. The summed E-state index contributed by atoms with van der Waals surface area (Å²) in [6.07, 6.45) is 1.29. The van der Waals surface area contributed by atoms with Crippen LogP contribution >= 0.6 is 0 Å². The van der Waals surface area contributed by atoms with Crippen LogP contribution in [0.5, 0.6) is 0 Å². The molecular weight excluding hydrogens is 463 g/mol. The van der Waals surface area contributed by atoms with Crippen molar-refractivity contribution in [2.45, 2.75) is 57.6 Å². The molecule has 1 unspecified atom stereocenters. The van der Waals surface area contributed by atoms with E-state index in [1.807, 2.05) is 24.5 Å². The molecule has 0 radical (unpaired) electrons. The van der Waals surface area contributed by atoms with E-state index in [-0.39, 0.29) is 5.56 Å². The van der Waals surface area contributed by atoms with E-state index in [9.17, 15) is 18.3 Å². The van der Waals surface area contributed by atoms with Gasteiger partial charge in [0.05, 0.1) is 0 Å². The van der Waals surface area contributed by atoms with Gasteiger partial charge in [-0.05, 0) is 53.3 Å². The fraction of sp³-hybridized carbons (Fsp3) is 0.414. The molecule has 0 aliphatic carbocycles. The summed E-state index contributed by atoms with van der Waals surface area (Å²) >= 11 is 0. The van der Waals surface area contributed by atoms with Gasteiger partial charge < -0.3 is 5.11 Å². The van der Waals surface area contributed by atoms with Crippen molar-refractivity contribution in [3.8, 4) is 11.1 Å². The lowest BCUT2D eigenvalue weighted by Gasteiger charge is -2.41. The Morgan fingerprint density at radius 1 is 0.861 bits per heavy atom. The largest absolute Gasteiger partial charge is 0.421 e. The maximum Gasteiger partial charge on any atom is 0.421 e. The number of nitrogens with zero attached hydrogens (tertiary/aromatic N) is 3. The topological polar surface area (TPSA) is 39.6 Å². The SMILES string of the molecule is CCC[C@H]1CN(Cc2ccc(-c3ccc(C(C)(O)C(F)(F)F)cc3)cc2)CCN1Cc1ccncc1. The first kappa shape index (κ1) is 26.3. The molecule has 0 saturated carbocycles. The van der Waals surface area contributed by atoms with Crippen LogP contribution in [0.2, 0.25) is 0 Å². The van der Waals surface area contributed by atoms with Gasteiger partial charge in [-0.2, -0.15) is 13.2 Å². The van der Waals surface area contributed by atoms with Gasteiger partial charge in [0.25, 0.3) is 0 Å². The van der Waals surface area contributed by atoms with E-state index in [1.54, 1.807) is 12.1 Å². The number of rotatable bonds is 8. The van der Waals surface area contributed by atoms with Crippen molar-refractivity contribution in [3.05, 3.63) is 89.7 Å². The third-order valence-corrected chi connectivity index (χ3v) is 7.14. The van der Waals surface area contributed by atoms with Crippen molar-refractivity contribution in [2.75, 3.05) is 19.6 Å². The van der Waals surface area contributed by atoms with E-state index >= 15 is 0 Å². The molecule has 2 heterocycles. The zero-order valence-corrected chi connectivity index (χ0v) is 20.9. The number of piperazine rings is 1. The number of hydrogen-bond donors (Lipinski definition) is 1. The van der Waals surface area contributed by atoms with Crippen LogP contribution in [0, 0.1) is 0 Å². The average molecular weight is 498 g/mol. The van der Waals surface area contributed by atoms with Gasteiger partial charge in [0.1, 0.15) is 0 Å². The second kappa shape index (κ2) is 11.1. The number of alkyl halides is 3. The third kappa shape index (κ3) is 6.14. The fourth-order valence-electron chi connectivity index (χ4n) is 4.85. The molecule has 1 aliphatic heterocycles.